The molecule has 1 fully saturated rings. The van der Waals surface area contributed by atoms with Crippen molar-refractivity contribution in [1.29, 1.82) is 0 Å². The molecule has 0 unspecified atom stereocenters. The summed E-state index contributed by atoms with van der Waals surface area (Å²) in [5.74, 6) is 0.518. The van der Waals surface area contributed by atoms with Crippen LogP contribution in [0, 0.1) is 12.8 Å². The van der Waals surface area contributed by atoms with Crippen molar-refractivity contribution >= 4 is 17.1 Å². The van der Waals surface area contributed by atoms with E-state index >= 15 is 0 Å². The maximum Gasteiger partial charge on any atom is 0.283 e. The third-order valence-electron chi connectivity index (χ3n) is 6.58. The number of benzene rings is 2. The van der Waals surface area contributed by atoms with Crippen LogP contribution in [0.5, 0.6) is 0 Å². The summed E-state index contributed by atoms with van der Waals surface area (Å²) in [5, 5.41) is 8.18. The zero-order chi connectivity index (χ0) is 23.5. The average molecular weight is 457 g/mol. The van der Waals surface area contributed by atoms with Crippen LogP contribution in [0.1, 0.15) is 29.5 Å². The normalized spacial score (nSPS) is 14.6. The summed E-state index contributed by atoms with van der Waals surface area (Å²) in [6, 6.07) is 18.6. The molecule has 2 aromatic carbocycles. The van der Waals surface area contributed by atoms with Gasteiger partial charge in [-0.3, -0.25) is 14.2 Å². The number of hydrogen-bond acceptors (Lipinski definition) is 5. The summed E-state index contributed by atoms with van der Waals surface area (Å²) >= 11 is 0. The molecule has 34 heavy (non-hydrogen) atoms. The molecule has 8 nitrogen and oxygen atoms in total. The van der Waals surface area contributed by atoms with E-state index < -0.39 is 0 Å². The summed E-state index contributed by atoms with van der Waals surface area (Å²) in [4.78, 5) is 32.1. The first-order chi connectivity index (χ1) is 16.6. The third-order valence-corrected chi connectivity index (χ3v) is 6.58. The molecule has 1 saturated heterocycles. The number of amides is 1. The van der Waals surface area contributed by atoms with Gasteiger partial charge in [0, 0.05) is 13.1 Å². The lowest BCUT2D eigenvalue weighted by Crippen LogP contribution is -2.42. The van der Waals surface area contributed by atoms with Gasteiger partial charge in [-0.25, -0.2) is 9.67 Å². The summed E-state index contributed by atoms with van der Waals surface area (Å²) in [5.41, 5.74) is 3.84. The molecule has 174 valence electrons. The molecule has 0 aliphatic carbocycles. The Morgan fingerprint density at radius 3 is 2.47 bits per heavy atom. The van der Waals surface area contributed by atoms with Crippen LogP contribution in [-0.4, -0.2) is 48.4 Å². The first-order valence-corrected chi connectivity index (χ1v) is 11.7. The molecule has 1 aliphatic heterocycles. The number of aryl methyl sites for hydroxylation is 1. The Labute approximate surface area is 197 Å². The summed E-state index contributed by atoms with van der Waals surface area (Å²) in [6.45, 7) is 3.91. The van der Waals surface area contributed by atoms with Crippen molar-refractivity contribution < 1.29 is 4.79 Å². The monoisotopic (exact) mass is 456 g/mol. The van der Waals surface area contributed by atoms with Gasteiger partial charge in [-0.15, -0.1) is 5.10 Å². The van der Waals surface area contributed by atoms with E-state index in [0.29, 0.717) is 31.2 Å². The number of fused-ring (bicyclic) bond motifs is 1. The van der Waals surface area contributed by atoms with E-state index in [4.69, 9.17) is 0 Å². The highest BCUT2D eigenvalue weighted by atomic mass is 16.2. The second kappa shape index (κ2) is 9.59. The summed E-state index contributed by atoms with van der Waals surface area (Å²) in [6.07, 6.45) is 4.42. The zero-order valence-corrected chi connectivity index (χ0v) is 19.3. The minimum atomic E-state index is -0.340. The van der Waals surface area contributed by atoms with Gasteiger partial charge in [0.05, 0.1) is 6.54 Å². The minimum absolute atomic E-state index is 0.0318. The van der Waals surface area contributed by atoms with Gasteiger partial charge in [0.15, 0.2) is 11.2 Å². The van der Waals surface area contributed by atoms with E-state index in [1.165, 1.54) is 22.0 Å². The second-order valence-corrected chi connectivity index (χ2v) is 9.10. The number of piperidine rings is 1. The smallest absolute Gasteiger partial charge is 0.283 e. The number of aromatic nitrogens is 5. The lowest BCUT2D eigenvalue weighted by atomic mass is 9.90. The highest BCUT2D eigenvalue weighted by Gasteiger charge is 2.24. The SMILES string of the molecule is Cc1ccc(Cn2nnc3c(=O)n(CC(=O)N4CCC(Cc5ccccc5)CC4)cnc32)cc1. The van der Waals surface area contributed by atoms with Crippen LogP contribution in [-0.2, 0) is 24.3 Å². The molecule has 0 radical (unpaired) electrons. The van der Waals surface area contributed by atoms with E-state index in [1.807, 2.05) is 42.2 Å². The van der Waals surface area contributed by atoms with E-state index in [-0.39, 0.29) is 23.5 Å². The van der Waals surface area contributed by atoms with Crippen molar-refractivity contribution in [2.24, 2.45) is 5.92 Å². The van der Waals surface area contributed by atoms with Crippen LogP contribution in [0.3, 0.4) is 0 Å². The van der Waals surface area contributed by atoms with Crippen LogP contribution < -0.4 is 5.56 Å². The quantitative estimate of drug-likeness (QED) is 0.445. The van der Waals surface area contributed by atoms with Crippen molar-refractivity contribution in [1.82, 2.24) is 29.4 Å². The summed E-state index contributed by atoms with van der Waals surface area (Å²) in [7, 11) is 0. The Morgan fingerprint density at radius 2 is 1.74 bits per heavy atom. The van der Waals surface area contributed by atoms with E-state index in [2.05, 4.69) is 39.6 Å². The van der Waals surface area contributed by atoms with Crippen molar-refractivity contribution in [2.45, 2.75) is 39.3 Å². The van der Waals surface area contributed by atoms with E-state index in [9.17, 15) is 9.59 Å². The van der Waals surface area contributed by atoms with Crippen LogP contribution in [0.15, 0.2) is 65.7 Å². The first kappa shape index (κ1) is 22.0. The average Bonchev–Trinajstić information content (AvgIpc) is 3.27. The number of nitrogens with zero attached hydrogens (tertiary/aromatic N) is 6. The number of carbonyl (C=O) groups excluding carboxylic acids is 1. The van der Waals surface area contributed by atoms with Gasteiger partial charge in [0.1, 0.15) is 12.9 Å². The first-order valence-electron chi connectivity index (χ1n) is 11.7. The maximum atomic E-state index is 12.9. The Kier molecular flexibility index (Phi) is 6.20. The van der Waals surface area contributed by atoms with Crippen LogP contribution in [0.25, 0.3) is 11.2 Å². The standard InChI is InChI=1S/C26H28N6O2/c1-19-7-9-22(10-8-19)16-32-25-24(28-29-32)26(34)31(18-27-25)17-23(33)30-13-11-21(12-14-30)15-20-5-3-2-4-6-20/h2-10,18,21H,11-17H2,1H3. The fraction of sp³-hybridized carbons (Fsp3) is 0.346. The predicted molar refractivity (Wildman–Crippen MR) is 129 cm³/mol. The molecule has 0 atom stereocenters. The van der Waals surface area contributed by atoms with Crippen LogP contribution in [0.4, 0.5) is 0 Å². The number of hydrogen-bond donors (Lipinski definition) is 0. The van der Waals surface area contributed by atoms with Gasteiger partial charge in [0.25, 0.3) is 5.56 Å². The fourth-order valence-corrected chi connectivity index (χ4v) is 4.55. The molecule has 8 heteroatoms. The molecular formula is C26H28N6O2. The van der Waals surface area contributed by atoms with E-state index in [0.717, 1.165) is 24.8 Å². The Morgan fingerprint density at radius 1 is 1.00 bits per heavy atom. The van der Waals surface area contributed by atoms with Gasteiger partial charge in [0.2, 0.25) is 5.91 Å². The topological polar surface area (TPSA) is 85.9 Å². The van der Waals surface area contributed by atoms with Gasteiger partial charge in [-0.2, -0.15) is 0 Å². The number of rotatable bonds is 6. The predicted octanol–water partition coefficient (Wildman–Crippen LogP) is 2.83. The fourth-order valence-electron chi connectivity index (χ4n) is 4.55. The third kappa shape index (κ3) is 4.76. The molecule has 0 bridgehead atoms. The van der Waals surface area contributed by atoms with Crippen molar-refractivity contribution in [3.8, 4) is 0 Å². The lowest BCUT2D eigenvalue weighted by Gasteiger charge is -2.32. The molecular weight excluding hydrogens is 428 g/mol. The molecule has 4 aromatic rings. The summed E-state index contributed by atoms with van der Waals surface area (Å²) < 4.78 is 2.96. The molecule has 1 aliphatic rings. The van der Waals surface area contributed by atoms with Crippen LogP contribution in [0.2, 0.25) is 0 Å². The van der Waals surface area contributed by atoms with Gasteiger partial charge in [-0.1, -0.05) is 65.4 Å². The second-order valence-electron chi connectivity index (χ2n) is 9.10. The lowest BCUT2D eigenvalue weighted by molar-refractivity contribution is -0.133. The van der Waals surface area contributed by atoms with E-state index in [1.54, 1.807) is 4.68 Å². The Bertz CT molecular complexity index is 1340. The molecule has 0 N–H and O–H groups in total. The molecule has 1 amide bonds. The molecule has 0 spiro atoms. The highest BCUT2D eigenvalue weighted by Crippen LogP contribution is 2.22. The number of likely N-dealkylation sites (tertiary alicyclic amines) is 1. The van der Waals surface area contributed by atoms with Crippen molar-refractivity contribution in [3.63, 3.8) is 0 Å². The minimum Gasteiger partial charge on any atom is -0.341 e. The van der Waals surface area contributed by atoms with Gasteiger partial charge in [-0.05, 0) is 43.2 Å². The Balaban J connectivity index is 1.22. The largest absolute Gasteiger partial charge is 0.341 e. The maximum absolute atomic E-state index is 12.9. The Hall–Kier alpha value is -3.81. The van der Waals surface area contributed by atoms with Crippen LogP contribution >= 0.6 is 0 Å². The molecule has 2 aromatic heterocycles. The molecule has 3 heterocycles. The molecule has 5 rings (SSSR count). The highest BCUT2D eigenvalue weighted by molar-refractivity contribution is 5.76. The van der Waals surface area contributed by atoms with Gasteiger partial charge >= 0.3 is 0 Å². The zero-order valence-electron chi connectivity index (χ0n) is 19.3. The molecule has 0 saturated carbocycles. The van der Waals surface area contributed by atoms with Crippen molar-refractivity contribution in [3.05, 3.63) is 88.0 Å². The van der Waals surface area contributed by atoms with Crippen molar-refractivity contribution in [2.75, 3.05) is 13.1 Å². The number of carbonyl (C=O) groups is 1. The van der Waals surface area contributed by atoms with Gasteiger partial charge < -0.3 is 4.90 Å².